The summed E-state index contributed by atoms with van der Waals surface area (Å²) < 4.78 is 2.56. The maximum absolute atomic E-state index is 4.81. The molecule has 0 N–H and O–H groups in total. The molecule has 0 bridgehead atoms. The van der Waals surface area contributed by atoms with Gasteiger partial charge in [-0.05, 0) is 50.3 Å². The van der Waals surface area contributed by atoms with Crippen molar-refractivity contribution in [2.75, 3.05) is 0 Å². The number of benzene rings is 1. The van der Waals surface area contributed by atoms with Gasteiger partial charge in [-0.15, -0.1) is 12.4 Å². The van der Waals surface area contributed by atoms with E-state index in [1.54, 1.807) is 0 Å². The molecule has 4 rings (SSSR count). The number of nitrogens with zero attached hydrogens (tertiary/aromatic N) is 2. The Bertz CT molecular complexity index is 845. The Morgan fingerprint density at radius 3 is 2.43 bits per heavy atom. The van der Waals surface area contributed by atoms with Crippen molar-refractivity contribution in [3.05, 3.63) is 64.6 Å². The maximum atomic E-state index is 4.81. The summed E-state index contributed by atoms with van der Waals surface area (Å²) in [4.78, 5) is 4.81. The van der Waals surface area contributed by atoms with E-state index in [1.807, 2.05) is 6.20 Å². The van der Waals surface area contributed by atoms with Crippen LogP contribution in [0.1, 0.15) is 47.0 Å². The van der Waals surface area contributed by atoms with Crippen LogP contribution in [0.2, 0.25) is 0 Å². The minimum absolute atomic E-state index is 0. The summed E-state index contributed by atoms with van der Waals surface area (Å²) in [7, 11) is 0. The third kappa shape index (κ3) is 2.66. The average Bonchev–Trinajstić information content (AvgIpc) is 3.31. The minimum atomic E-state index is 0. The van der Waals surface area contributed by atoms with Gasteiger partial charge in [-0.25, -0.2) is 0 Å². The summed E-state index contributed by atoms with van der Waals surface area (Å²) in [5, 5.41) is 1.42. The fourth-order valence-electron chi connectivity index (χ4n) is 3.60. The zero-order valence-corrected chi connectivity index (χ0v) is 14.8. The molecular formula is C20H23ClN2. The van der Waals surface area contributed by atoms with Gasteiger partial charge in [-0.1, -0.05) is 30.3 Å². The highest BCUT2D eigenvalue weighted by Gasteiger charge is 2.29. The molecule has 1 aliphatic carbocycles. The molecule has 0 unspecified atom stereocenters. The van der Waals surface area contributed by atoms with E-state index in [0.29, 0.717) is 6.04 Å². The van der Waals surface area contributed by atoms with Gasteiger partial charge in [-0.3, -0.25) is 4.98 Å². The summed E-state index contributed by atoms with van der Waals surface area (Å²) in [6.07, 6.45) is 5.57. The highest BCUT2D eigenvalue weighted by Crippen LogP contribution is 2.42. The molecule has 0 saturated heterocycles. The molecule has 0 amide bonds. The molecule has 120 valence electrons. The molecule has 0 radical (unpaired) electrons. The third-order valence-electron chi connectivity index (χ3n) is 4.96. The van der Waals surface area contributed by atoms with Gasteiger partial charge in [-0.2, -0.15) is 0 Å². The first-order valence-electron chi connectivity index (χ1n) is 8.16. The smallest absolute Gasteiger partial charge is 0.0713 e. The first-order valence-corrected chi connectivity index (χ1v) is 8.16. The van der Waals surface area contributed by atoms with E-state index < -0.39 is 0 Å². The fourth-order valence-corrected chi connectivity index (χ4v) is 3.60. The quantitative estimate of drug-likeness (QED) is 0.638. The molecule has 2 heterocycles. The minimum Gasteiger partial charge on any atom is -0.340 e. The van der Waals surface area contributed by atoms with E-state index in [2.05, 4.69) is 55.7 Å². The second kappa shape index (κ2) is 6.01. The zero-order valence-electron chi connectivity index (χ0n) is 14.0. The number of aryl methyl sites for hydroxylation is 2. The van der Waals surface area contributed by atoms with Crippen molar-refractivity contribution in [1.29, 1.82) is 0 Å². The van der Waals surface area contributed by atoms with Crippen LogP contribution in [0, 0.1) is 20.8 Å². The van der Waals surface area contributed by atoms with E-state index in [4.69, 9.17) is 4.98 Å². The Labute approximate surface area is 144 Å². The summed E-state index contributed by atoms with van der Waals surface area (Å²) in [6.45, 7) is 6.71. The van der Waals surface area contributed by atoms with Crippen molar-refractivity contribution in [2.45, 2.75) is 46.1 Å². The summed E-state index contributed by atoms with van der Waals surface area (Å²) >= 11 is 0. The van der Waals surface area contributed by atoms with Crippen molar-refractivity contribution in [3.63, 3.8) is 0 Å². The SMILES string of the molecule is Cc1cnc(Cc2ccccc2)c2c1c(C)c(C)n2C1CC1.Cl. The van der Waals surface area contributed by atoms with Gasteiger partial charge < -0.3 is 4.57 Å². The lowest BCUT2D eigenvalue weighted by Gasteiger charge is -2.11. The molecule has 0 atom stereocenters. The van der Waals surface area contributed by atoms with Gasteiger partial charge in [0.05, 0.1) is 11.2 Å². The van der Waals surface area contributed by atoms with Gasteiger partial charge in [0.15, 0.2) is 0 Å². The fraction of sp³-hybridized carbons (Fsp3) is 0.350. The molecule has 1 saturated carbocycles. The second-order valence-corrected chi connectivity index (χ2v) is 6.59. The molecule has 3 aromatic rings. The van der Waals surface area contributed by atoms with Crippen LogP contribution in [0.5, 0.6) is 0 Å². The van der Waals surface area contributed by atoms with E-state index in [9.17, 15) is 0 Å². The van der Waals surface area contributed by atoms with E-state index in [1.165, 1.54) is 51.8 Å². The van der Waals surface area contributed by atoms with Gasteiger partial charge in [0.2, 0.25) is 0 Å². The number of halogens is 1. The molecular weight excluding hydrogens is 304 g/mol. The molecule has 0 spiro atoms. The highest BCUT2D eigenvalue weighted by atomic mass is 35.5. The molecule has 2 aromatic heterocycles. The largest absolute Gasteiger partial charge is 0.340 e. The van der Waals surface area contributed by atoms with E-state index in [0.717, 1.165) is 6.42 Å². The lowest BCUT2D eigenvalue weighted by molar-refractivity contribution is 0.740. The van der Waals surface area contributed by atoms with Crippen LogP contribution in [0.4, 0.5) is 0 Å². The van der Waals surface area contributed by atoms with Crippen LogP contribution in [-0.2, 0) is 6.42 Å². The third-order valence-corrected chi connectivity index (χ3v) is 4.96. The van der Waals surface area contributed by atoms with Crippen LogP contribution in [0.3, 0.4) is 0 Å². The lowest BCUT2D eigenvalue weighted by Crippen LogP contribution is -2.02. The van der Waals surface area contributed by atoms with Crippen LogP contribution in [-0.4, -0.2) is 9.55 Å². The number of rotatable bonds is 3. The molecule has 1 aromatic carbocycles. The van der Waals surface area contributed by atoms with Crippen molar-refractivity contribution < 1.29 is 0 Å². The first-order chi connectivity index (χ1) is 10.7. The predicted octanol–water partition coefficient (Wildman–Crippen LogP) is 5.31. The van der Waals surface area contributed by atoms with Crippen LogP contribution >= 0.6 is 12.4 Å². The summed E-state index contributed by atoms with van der Waals surface area (Å²) in [6, 6.07) is 11.4. The Morgan fingerprint density at radius 2 is 1.78 bits per heavy atom. The number of fused-ring (bicyclic) bond motifs is 1. The Morgan fingerprint density at radius 1 is 1.09 bits per heavy atom. The maximum Gasteiger partial charge on any atom is 0.0713 e. The van der Waals surface area contributed by atoms with Crippen LogP contribution in [0.25, 0.3) is 10.9 Å². The molecule has 1 aliphatic rings. The van der Waals surface area contributed by atoms with Crippen molar-refractivity contribution in [2.24, 2.45) is 0 Å². The lowest BCUT2D eigenvalue weighted by atomic mass is 10.0. The molecule has 1 fully saturated rings. The summed E-state index contributed by atoms with van der Waals surface area (Å²) in [5.41, 5.74) is 8.07. The van der Waals surface area contributed by atoms with E-state index >= 15 is 0 Å². The standard InChI is InChI=1S/C20H22N2.ClH/c1-13-12-21-18(11-16-7-5-4-6-8-16)20-19(13)14(2)15(3)22(20)17-9-10-17;/h4-8,12,17H,9-11H2,1-3H3;1H. The van der Waals surface area contributed by atoms with E-state index in [-0.39, 0.29) is 12.4 Å². The molecule has 0 aliphatic heterocycles. The predicted molar refractivity (Wildman–Crippen MR) is 98.7 cm³/mol. The first kappa shape index (κ1) is 16.1. The van der Waals surface area contributed by atoms with Crippen molar-refractivity contribution in [3.8, 4) is 0 Å². The molecule has 2 nitrogen and oxygen atoms in total. The Hall–Kier alpha value is -1.80. The van der Waals surface area contributed by atoms with Gasteiger partial charge in [0, 0.05) is 29.7 Å². The Balaban J connectivity index is 0.00000156. The second-order valence-electron chi connectivity index (χ2n) is 6.59. The average molecular weight is 327 g/mol. The normalized spacial score (nSPS) is 14.0. The number of hydrogen-bond donors (Lipinski definition) is 0. The van der Waals surface area contributed by atoms with Crippen molar-refractivity contribution >= 4 is 23.3 Å². The topological polar surface area (TPSA) is 17.8 Å². The number of pyridine rings is 1. The number of hydrogen-bond acceptors (Lipinski definition) is 1. The zero-order chi connectivity index (χ0) is 15.3. The molecule has 3 heteroatoms. The number of aromatic nitrogens is 2. The highest BCUT2D eigenvalue weighted by molar-refractivity contribution is 5.90. The summed E-state index contributed by atoms with van der Waals surface area (Å²) in [5.74, 6) is 0. The van der Waals surface area contributed by atoms with Crippen LogP contribution < -0.4 is 0 Å². The molecule has 23 heavy (non-hydrogen) atoms. The van der Waals surface area contributed by atoms with Gasteiger partial charge >= 0.3 is 0 Å². The Kier molecular flexibility index (Phi) is 4.20. The van der Waals surface area contributed by atoms with Gasteiger partial charge in [0.1, 0.15) is 0 Å². The van der Waals surface area contributed by atoms with Gasteiger partial charge in [0.25, 0.3) is 0 Å². The monoisotopic (exact) mass is 326 g/mol. The van der Waals surface area contributed by atoms with Crippen molar-refractivity contribution in [1.82, 2.24) is 9.55 Å². The van der Waals surface area contributed by atoms with Crippen LogP contribution in [0.15, 0.2) is 36.5 Å².